The number of amides is 1. The minimum atomic E-state index is -0.254. The van der Waals surface area contributed by atoms with E-state index in [1.165, 1.54) is 6.07 Å². The average molecular weight is 397 g/mol. The Labute approximate surface area is 154 Å². The van der Waals surface area contributed by atoms with Gasteiger partial charge >= 0.3 is 0 Å². The number of aryl methyl sites for hydroxylation is 1. The lowest BCUT2D eigenvalue weighted by molar-refractivity contribution is 0.102. The van der Waals surface area contributed by atoms with Gasteiger partial charge < -0.3 is 9.88 Å². The van der Waals surface area contributed by atoms with Gasteiger partial charge in [0, 0.05) is 22.4 Å². The SMILES string of the molecule is Cc1cccc(Cn2cc(C(=O)Nc3cccc(Br)c3)ccc2=O)c1. The predicted molar refractivity (Wildman–Crippen MR) is 103 cm³/mol. The minimum Gasteiger partial charge on any atom is -0.322 e. The summed E-state index contributed by atoms with van der Waals surface area (Å²) >= 11 is 3.38. The molecule has 3 rings (SSSR count). The van der Waals surface area contributed by atoms with Crippen molar-refractivity contribution in [3.05, 3.63) is 98.4 Å². The predicted octanol–water partition coefficient (Wildman–Crippen LogP) is 4.22. The number of nitrogens with one attached hydrogen (secondary N) is 1. The molecule has 0 atom stereocenters. The van der Waals surface area contributed by atoms with Gasteiger partial charge in [-0.25, -0.2) is 0 Å². The lowest BCUT2D eigenvalue weighted by Crippen LogP contribution is -2.22. The van der Waals surface area contributed by atoms with Crippen LogP contribution in [0.3, 0.4) is 0 Å². The molecular weight excluding hydrogens is 380 g/mol. The maximum atomic E-state index is 12.5. The van der Waals surface area contributed by atoms with Gasteiger partial charge in [-0.2, -0.15) is 0 Å². The van der Waals surface area contributed by atoms with E-state index in [4.69, 9.17) is 0 Å². The molecule has 0 fully saturated rings. The van der Waals surface area contributed by atoms with E-state index < -0.39 is 0 Å². The van der Waals surface area contributed by atoms with Crippen molar-refractivity contribution in [1.29, 1.82) is 0 Å². The topological polar surface area (TPSA) is 51.1 Å². The number of aromatic nitrogens is 1. The third-order valence-corrected chi connectivity index (χ3v) is 4.26. The van der Waals surface area contributed by atoms with Gasteiger partial charge in [0.2, 0.25) is 0 Å². The molecule has 1 N–H and O–H groups in total. The third-order valence-electron chi connectivity index (χ3n) is 3.76. The minimum absolute atomic E-state index is 0.138. The number of pyridine rings is 1. The molecule has 0 aliphatic carbocycles. The zero-order valence-electron chi connectivity index (χ0n) is 13.7. The summed E-state index contributed by atoms with van der Waals surface area (Å²) < 4.78 is 2.43. The van der Waals surface area contributed by atoms with Gasteiger partial charge in [0.25, 0.3) is 11.5 Å². The van der Waals surface area contributed by atoms with E-state index in [9.17, 15) is 9.59 Å². The molecule has 2 aromatic carbocycles. The van der Waals surface area contributed by atoms with Crippen LogP contribution in [-0.2, 0) is 6.54 Å². The average Bonchev–Trinajstić information content (AvgIpc) is 2.57. The van der Waals surface area contributed by atoms with Crippen molar-refractivity contribution in [1.82, 2.24) is 4.57 Å². The fourth-order valence-corrected chi connectivity index (χ4v) is 2.97. The summed E-state index contributed by atoms with van der Waals surface area (Å²) in [5, 5.41) is 2.83. The maximum Gasteiger partial charge on any atom is 0.257 e. The molecule has 5 heteroatoms. The van der Waals surface area contributed by atoms with E-state index in [1.54, 1.807) is 16.8 Å². The highest BCUT2D eigenvalue weighted by atomic mass is 79.9. The molecule has 1 heterocycles. The lowest BCUT2D eigenvalue weighted by Gasteiger charge is -2.10. The number of benzene rings is 2. The number of anilines is 1. The number of rotatable bonds is 4. The van der Waals surface area contributed by atoms with Gasteiger partial charge in [-0.3, -0.25) is 9.59 Å². The third kappa shape index (κ3) is 4.45. The summed E-state index contributed by atoms with van der Waals surface area (Å²) in [4.78, 5) is 24.6. The Morgan fingerprint density at radius 2 is 1.88 bits per heavy atom. The highest BCUT2D eigenvalue weighted by Gasteiger charge is 2.09. The van der Waals surface area contributed by atoms with E-state index in [1.807, 2.05) is 55.5 Å². The van der Waals surface area contributed by atoms with Crippen molar-refractivity contribution in [3.63, 3.8) is 0 Å². The van der Waals surface area contributed by atoms with Crippen molar-refractivity contribution in [2.24, 2.45) is 0 Å². The summed E-state index contributed by atoms with van der Waals surface area (Å²) in [5.74, 6) is -0.254. The quantitative estimate of drug-likeness (QED) is 0.717. The summed E-state index contributed by atoms with van der Waals surface area (Å²) in [6.07, 6.45) is 1.60. The molecule has 1 aromatic heterocycles. The van der Waals surface area contributed by atoms with Gasteiger partial charge in [-0.05, 0) is 36.8 Å². The normalized spacial score (nSPS) is 10.5. The van der Waals surface area contributed by atoms with E-state index in [2.05, 4.69) is 21.2 Å². The molecule has 0 radical (unpaired) electrons. The Morgan fingerprint density at radius 3 is 2.64 bits per heavy atom. The number of hydrogen-bond donors (Lipinski definition) is 1. The van der Waals surface area contributed by atoms with E-state index >= 15 is 0 Å². The van der Waals surface area contributed by atoms with Gasteiger partial charge in [0.05, 0.1) is 12.1 Å². The summed E-state index contributed by atoms with van der Waals surface area (Å²) in [6.45, 7) is 2.44. The van der Waals surface area contributed by atoms with Crippen LogP contribution in [0.25, 0.3) is 0 Å². The van der Waals surface area contributed by atoms with Crippen molar-refractivity contribution in [2.45, 2.75) is 13.5 Å². The smallest absolute Gasteiger partial charge is 0.257 e. The van der Waals surface area contributed by atoms with Crippen LogP contribution in [0, 0.1) is 6.92 Å². The van der Waals surface area contributed by atoms with Crippen LogP contribution in [0.1, 0.15) is 21.5 Å². The lowest BCUT2D eigenvalue weighted by atomic mass is 10.1. The second kappa shape index (κ2) is 7.49. The fraction of sp³-hybridized carbons (Fsp3) is 0.100. The molecule has 0 aliphatic rings. The molecule has 4 nitrogen and oxygen atoms in total. The number of carbonyl (C=O) groups excluding carboxylic acids is 1. The molecule has 1 amide bonds. The van der Waals surface area contributed by atoms with Crippen LogP contribution < -0.4 is 10.9 Å². The first-order valence-electron chi connectivity index (χ1n) is 7.84. The van der Waals surface area contributed by atoms with Crippen LogP contribution in [0.15, 0.2) is 76.1 Å². The Kier molecular flexibility index (Phi) is 5.14. The monoisotopic (exact) mass is 396 g/mol. The second-order valence-electron chi connectivity index (χ2n) is 5.84. The van der Waals surface area contributed by atoms with Crippen molar-refractivity contribution >= 4 is 27.5 Å². The first-order chi connectivity index (χ1) is 12.0. The first-order valence-corrected chi connectivity index (χ1v) is 8.63. The molecule has 0 saturated carbocycles. The van der Waals surface area contributed by atoms with Crippen LogP contribution in [0.4, 0.5) is 5.69 Å². The molecule has 0 spiro atoms. The number of halogens is 1. The van der Waals surface area contributed by atoms with E-state index in [0.717, 1.165) is 15.6 Å². The van der Waals surface area contributed by atoms with Crippen molar-refractivity contribution in [2.75, 3.05) is 5.32 Å². The molecule has 0 saturated heterocycles. The van der Waals surface area contributed by atoms with E-state index in [0.29, 0.717) is 17.8 Å². The van der Waals surface area contributed by atoms with Crippen molar-refractivity contribution < 1.29 is 4.79 Å². The number of nitrogens with zero attached hydrogens (tertiary/aromatic N) is 1. The largest absolute Gasteiger partial charge is 0.322 e. The van der Waals surface area contributed by atoms with Gasteiger partial charge in [0.15, 0.2) is 0 Å². The molecule has 0 unspecified atom stereocenters. The Bertz CT molecular complexity index is 979. The first kappa shape index (κ1) is 17.2. The highest BCUT2D eigenvalue weighted by molar-refractivity contribution is 9.10. The van der Waals surface area contributed by atoms with Gasteiger partial charge in [0.1, 0.15) is 0 Å². The highest BCUT2D eigenvalue weighted by Crippen LogP contribution is 2.16. The molecule has 126 valence electrons. The molecule has 0 aliphatic heterocycles. The second-order valence-corrected chi connectivity index (χ2v) is 6.75. The fourth-order valence-electron chi connectivity index (χ4n) is 2.57. The zero-order chi connectivity index (χ0) is 17.8. The zero-order valence-corrected chi connectivity index (χ0v) is 15.3. The number of hydrogen-bond acceptors (Lipinski definition) is 2. The van der Waals surface area contributed by atoms with Crippen LogP contribution in [0.2, 0.25) is 0 Å². The molecular formula is C20H17BrN2O2. The number of carbonyl (C=O) groups is 1. The Hall–Kier alpha value is -2.66. The van der Waals surface area contributed by atoms with Crippen molar-refractivity contribution in [3.8, 4) is 0 Å². The Morgan fingerprint density at radius 1 is 1.08 bits per heavy atom. The Balaban J connectivity index is 1.83. The van der Waals surface area contributed by atoms with Crippen LogP contribution >= 0.6 is 15.9 Å². The van der Waals surface area contributed by atoms with E-state index in [-0.39, 0.29) is 11.5 Å². The van der Waals surface area contributed by atoms with Crippen LogP contribution in [-0.4, -0.2) is 10.5 Å². The summed E-state index contributed by atoms with van der Waals surface area (Å²) in [7, 11) is 0. The molecule has 25 heavy (non-hydrogen) atoms. The molecule has 3 aromatic rings. The summed E-state index contributed by atoms with van der Waals surface area (Å²) in [6, 6.07) is 18.3. The molecule has 0 bridgehead atoms. The standard InChI is InChI=1S/C20H17BrN2O2/c1-14-4-2-5-15(10-14)12-23-13-16(8-9-19(23)24)20(25)22-18-7-3-6-17(21)11-18/h2-11,13H,12H2,1H3,(H,22,25). The maximum absolute atomic E-state index is 12.5. The summed E-state index contributed by atoms with van der Waals surface area (Å²) in [5.41, 5.74) is 3.14. The van der Waals surface area contributed by atoms with Gasteiger partial charge in [-0.1, -0.05) is 51.8 Å². The van der Waals surface area contributed by atoms with Crippen LogP contribution in [0.5, 0.6) is 0 Å². The van der Waals surface area contributed by atoms with Gasteiger partial charge in [-0.15, -0.1) is 0 Å².